The fraction of sp³-hybridized carbons (Fsp3) is 0.538. The van der Waals surface area contributed by atoms with E-state index in [1.165, 1.54) is 0 Å². The van der Waals surface area contributed by atoms with Gasteiger partial charge < -0.3 is 5.32 Å². The van der Waals surface area contributed by atoms with Gasteiger partial charge in [-0.1, -0.05) is 0 Å². The maximum Gasteiger partial charge on any atom is 0.168 e. The molecule has 0 amide bonds. The first-order chi connectivity index (χ1) is 8.72. The molecule has 2 heterocycles. The Labute approximate surface area is 106 Å². The van der Waals surface area contributed by atoms with Crippen LogP contribution in [0.15, 0.2) is 12.3 Å². The highest BCUT2D eigenvalue weighted by Crippen LogP contribution is 2.16. The van der Waals surface area contributed by atoms with E-state index >= 15 is 0 Å². The lowest BCUT2D eigenvalue weighted by Crippen LogP contribution is -2.54. The van der Waals surface area contributed by atoms with Crippen molar-refractivity contribution in [1.29, 1.82) is 0 Å². The second kappa shape index (κ2) is 5.91. The van der Waals surface area contributed by atoms with Gasteiger partial charge in [-0.25, -0.2) is 0 Å². The van der Waals surface area contributed by atoms with E-state index in [-0.39, 0.29) is 6.67 Å². The Morgan fingerprint density at radius 3 is 3.00 bits per heavy atom. The summed E-state index contributed by atoms with van der Waals surface area (Å²) in [6.45, 7) is 4.33. The van der Waals surface area contributed by atoms with Crippen molar-refractivity contribution in [3.63, 3.8) is 0 Å². The number of halogens is 1. The molecular formula is C13H18FN3O. The third-order valence-corrected chi connectivity index (χ3v) is 3.17. The van der Waals surface area contributed by atoms with E-state index < -0.39 is 0 Å². The summed E-state index contributed by atoms with van der Waals surface area (Å²) in [6.07, 6.45) is 3.06. The van der Waals surface area contributed by atoms with Crippen LogP contribution in [-0.2, 0) is 0 Å². The number of likely N-dealkylation sites (tertiary alicyclic amines) is 1. The van der Waals surface area contributed by atoms with Gasteiger partial charge in [-0.15, -0.1) is 0 Å². The number of alkyl halides is 1. The quantitative estimate of drug-likeness (QED) is 0.781. The predicted octanol–water partition coefficient (Wildman–Crippen LogP) is 1.66. The summed E-state index contributed by atoms with van der Waals surface area (Å²) >= 11 is 0. The highest BCUT2D eigenvalue weighted by Gasteiger charge is 2.25. The van der Waals surface area contributed by atoms with Crippen molar-refractivity contribution < 1.29 is 9.18 Å². The number of aromatic nitrogens is 1. The van der Waals surface area contributed by atoms with Crippen LogP contribution in [0.3, 0.4) is 0 Å². The van der Waals surface area contributed by atoms with Crippen molar-refractivity contribution in [1.82, 2.24) is 9.88 Å². The van der Waals surface area contributed by atoms with Gasteiger partial charge >= 0.3 is 0 Å². The molecule has 2 rings (SSSR count). The van der Waals surface area contributed by atoms with Gasteiger partial charge in [0.15, 0.2) is 6.29 Å². The van der Waals surface area contributed by atoms with Gasteiger partial charge in [0.2, 0.25) is 0 Å². The first-order valence-electron chi connectivity index (χ1n) is 6.19. The van der Waals surface area contributed by atoms with Gasteiger partial charge in [0.1, 0.15) is 5.69 Å². The summed E-state index contributed by atoms with van der Waals surface area (Å²) in [5, 5.41) is 3.36. The second-order valence-electron chi connectivity index (χ2n) is 4.69. The van der Waals surface area contributed by atoms with Crippen LogP contribution in [0.1, 0.15) is 22.5 Å². The minimum atomic E-state index is -0.245. The van der Waals surface area contributed by atoms with E-state index in [2.05, 4.69) is 15.2 Å². The maximum atomic E-state index is 12.0. The third-order valence-electron chi connectivity index (χ3n) is 3.17. The van der Waals surface area contributed by atoms with E-state index in [1.54, 1.807) is 6.20 Å². The summed E-state index contributed by atoms with van der Waals surface area (Å²) in [7, 11) is 0. The van der Waals surface area contributed by atoms with E-state index in [0.29, 0.717) is 18.2 Å². The zero-order valence-electron chi connectivity index (χ0n) is 10.5. The molecule has 1 aliphatic rings. The number of carbonyl (C=O) groups excluding carboxylic acids is 1. The van der Waals surface area contributed by atoms with Crippen LogP contribution in [0.5, 0.6) is 0 Å². The Balaban J connectivity index is 1.81. The molecule has 5 heteroatoms. The molecule has 0 unspecified atom stereocenters. The van der Waals surface area contributed by atoms with E-state index in [9.17, 15) is 9.18 Å². The Bertz CT molecular complexity index is 419. The lowest BCUT2D eigenvalue weighted by Gasteiger charge is -2.40. The van der Waals surface area contributed by atoms with Crippen LogP contribution in [-0.4, -0.2) is 48.5 Å². The smallest absolute Gasteiger partial charge is 0.168 e. The van der Waals surface area contributed by atoms with Crippen molar-refractivity contribution in [2.24, 2.45) is 0 Å². The molecule has 98 valence electrons. The summed E-state index contributed by atoms with van der Waals surface area (Å²) in [5.74, 6) is 0. The molecule has 0 saturated carbocycles. The molecule has 18 heavy (non-hydrogen) atoms. The number of nitrogens with zero attached hydrogens (tertiary/aromatic N) is 2. The molecule has 0 spiro atoms. The zero-order valence-corrected chi connectivity index (χ0v) is 10.5. The Morgan fingerprint density at radius 1 is 1.61 bits per heavy atom. The van der Waals surface area contributed by atoms with E-state index in [4.69, 9.17) is 0 Å². The largest absolute Gasteiger partial charge is 0.378 e. The topological polar surface area (TPSA) is 45.2 Å². The number of anilines is 1. The third kappa shape index (κ3) is 3.04. The Kier molecular flexibility index (Phi) is 4.25. The van der Waals surface area contributed by atoms with Gasteiger partial charge in [-0.05, 0) is 25.0 Å². The lowest BCUT2D eigenvalue weighted by molar-refractivity contribution is 0.111. The van der Waals surface area contributed by atoms with Crippen molar-refractivity contribution in [3.8, 4) is 0 Å². The summed E-state index contributed by atoms with van der Waals surface area (Å²) < 4.78 is 12.0. The molecule has 1 aliphatic heterocycles. The Hall–Kier alpha value is -1.49. The average molecular weight is 251 g/mol. The fourth-order valence-electron chi connectivity index (χ4n) is 2.15. The number of hydrogen-bond donors (Lipinski definition) is 1. The molecule has 4 nitrogen and oxygen atoms in total. The van der Waals surface area contributed by atoms with E-state index in [1.807, 2.05) is 13.0 Å². The van der Waals surface area contributed by atoms with Crippen LogP contribution in [0.2, 0.25) is 0 Å². The van der Waals surface area contributed by atoms with E-state index in [0.717, 1.165) is 37.2 Å². The molecule has 1 saturated heterocycles. The fourth-order valence-corrected chi connectivity index (χ4v) is 2.15. The minimum absolute atomic E-state index is 0.245. The number of carbonyl (C=O) groups is 1. The van der Waals surface area contributed by atoms with Gasteiger partial charge in [-0.3, -0.25) is 19.1 Å². The highest BCUT2D eigenvalue weighted by molar-refractivity contribution is 5.74. The monoisotopic (exact) mass is 251 g/mol. The van der Waals surface area contributed by atoms with Gasteiger partial charge in [0.25, 0.3) is 0 Å². The first kappa shape index (κ1) is 13.0. The molecular weight excluding hydrogens is 233 g/mol. The minimum Gasteiger partial charge on any atom is -0.378 e. The summed E-state index contributed by atoms with van der Waals surface area (Å²) in [5.41, 5.74) is 2.30. The molecule has 1 fully saturated rings. The molecule has 1 N–H and O–H groups in total. The normalized spacial score (nSPS) is 16.3. The van der Waals surface area contributed by atoms with Gasteiger partial charge in [0.05, 0.1) is 24.6 Å². The molecule has 1 aromatic heterocycles. The number of aldehydes is 1. The number of nitrogens with one attached hydrogen (secondary N) is 1. The zero-order chi connectivity index (χ0) is 13.0. The summed E-state index contributed by atoms with van der Waals surface area (Å²) in [6, 6.07) is 2.33. The molecule has 0 bridgehead atoms. The number of aryl methyl sites for hydroxylation is 1. The highest BCUT2D eigenvalue weighted by atomic mass is 19.1. The predicted molar refractivity (Wildman–Crippen MR) is 68.8 cm³/mol. The SMILES string of the molecule is Cc1cc(NC2CN(CCCF)C2)cnc1C=O. The molecule has 0 radical (unpaired) electrons. The lowest BCUT2D eigenvalue weighted by atomic mass is 10.1. The second-order valence-corrected chi connectivity index (χ2v) is 4.69. The van der Waals surface area contributed by atoms with Crippen LogP contribution < -0.4 is 5.32 Å². The number of rotatable bonds is 6. The van der Waals surface area contributed by atoms with Crippen molar-refractivity contribution >= 4 is 12.0 Å². The van der Waals surface area contributed by atoms with Crippen LogP contribution in [0.25, 0.3) is 0 Å². The van der Waals surface area contributed by atoms with Crippen molar-refractivity contribution in [2.75, 3.05) is 31.6 Å². The van der Waals surface area contributed by atoms with Crippen LogP contribution in [0.4, 0.5) is 10.1 Å². The van der Waals surface area contributed by atoms with Crippen molar-refractivity contribution in [2.45, 2.75) is 19.4 Å². The van der Waals surface area contributed by atoms with Crippen LogP contribution in [0, 0.1) is 6.92 Å². The summed E-state index contributed by atoms with van der Waals surface area (Å²) in [4.78, 5) is 17.0. The van der Waals surface area contributed by atoms with Gasteiger partial charge in [0, 0.05) is 19.6 Å². The van der Waals surface area contributed by atoms with Crippen LogP contribution >= 0.6 is 0 Å². The number of pyridine rings is 1. The van der Waals surface area contributed by atoms with Gasteiger partial charge in [-0.2, -0.15) is 0 Å². The van der Waals surface area contributed by atoms with Crippen molar-refractivity contribution in [3.05, 3.63) is 23.5 Å². The molecule has 0 aliphatic carbocycles. The maximum absolute atomic E-state index is 12.0. The molecule has 1 aromatic rings. The first-order valence-corrected chi connectivity index (χ1v) is 6.19. The number of hydrogen-bond acceptors (Lipinski definition) is 4. The molecule has 0 atom stereocenters. The standard InChI is InChI=1S/C13H18FN3O/c1-10-5-11(6-15-13(10)9-18)16-12-7-17(8-12)4-2-3-14/h5-6,9,12,16H,2-4,7-8H2,1H3. The Morgan fingerprint density at radius 2 is 2.39 bits per heavy atom. The average Bonchev–Trinajstić information content (AvgIpc) is 2.32. The molecule has 0 aromatic carbocycles.